The van der Waals surface area contributed by atoms with E-state index in [4.69, 9.17) is 27.9 Å². The Hall–Kier alpha value is -1.69. The molecule has 0 saturated heterocycles. The van der Waals surface area contributed by atoms with Gasteiger partial charge in [-0.05, 0) is 43.3 Å². The summed E-state index contributed by atoms with van der Waals surface area (Å²) in [6.45, 7) is 2.12. The van der Waals surface area contributed by atoms with Gasteiger partial charge in [0.15, 0.2) is 0 Å². The summed E-state index contributed by atoms with van der Waals surface area (Å²) in [4.78, 5) is 24.5. The lowest BCUT2D eigenvalue weighted by Crippen LogP contribution is -2.12. The number of nitrogens with one attached hydrogen (secondary N) is 1. The first-order valence-electron chi connectivity index (χ1n) is 7.14. The average Bonchev–Trinajstić information content (AvgIpc) is 2.53. The molecule has 7 heteroatoms. The van der Waals surface area contributed by atoms with Gasteiger partial charge in [-0.2, -0.15) is 0 Å². The van der Waals surface area contributed by atoms with Crippen molar-refractivity contribution in [3.8, 4) is 0 Å². The molecule has 0 bridgehead atoms. The van der Waals surface area contributed by atoms with Crippen molar-refractivity contribution in [2.45, 2.75) is 11.8 Å². The summed E-state index contributed by atoms with van der Waals surface area (Å²) in [6, 6.07) is 11.9. The minimum absolute atomic E-state index is 0.217. The highest BCUT2D eigenvalue weighted by molar-refractivity contribution is 8.00. The van der Waals surface area contributed by atoms with E-state index in [1.54, 1.807) is 37.3 Å². The van der Waals surface area contributed by atoms with Crippen LogP contribution in [0.5, 0.6) is 0 Å². The van der Waals surface area contributed by atoms with E-state index >= 15 is 0 Å². The van der Waals surface area contributed by atoms with Crippen molar-refractivity contribution < 1.29 is 14.3 Å². The standard InChI is InChI=1S/C17H15Cl2NO3S/c1-2-23-16(21)10-24-13-5-3-4-12(9-13)20-17(22)14-7-6-11(18)8-15(14)19/h3-9H,2,10H2,1H3,(H,20,22). The van der Waals surface area contributed by atoms with Crippen molar-refractivity contribution in [3.63, 3.8) is 0 Å². The number of anilines is 1. The fourth-order valence-electron chi connectivity index (χ4n) is 1.88. The second-order valence-electron chi connectivity index (χ2n) is 4.70. The smallest absolute Gasteiger partial charge is 0.316 e. The van der Waals surface area contributed by atoms with E-state index < -0.39 is 0 Å². The molecule has 0 saturated carbocycles. The predicted octanol–water partition coefficient (Wildman–Crippen LogP) is 4.90. The normalized spacial score (nSPS) is 10.3. The molecule has 2 aromatic rings. The van der Waals surface area contributed by atoms with Gasteiger partial charge in [-0.1, -0.05) is 29.3 Å². The topological polar surface area (TPSA) is 55.4 Å². The largest absolute Gasteiger partial charge is 0.465 e. The first-order valence-corrected chi connectivity index (χ1v) is 8.88. The number of rotatable bonds is 6. The number of halogens is 2. The zero-order valence-corrected chi connectivity index (χ0v) is 15.2. The number of carbonyl (C=O) groups excluding carboxylic acids is 2. The number of esters is 1. The first kappa shape index (κ1) is 18.6. The van der Waals surface area contributed by atoms with Gasteiger partial charge in [0.25, 0.3) is 5.91 Å². The van der Waals surface area contributed by atoms with Gasteiger partial charge in [-0.25, -0.2) is 0 Å². The molecule has 4 nitrogen and oxygen atoms in total. The Bertz CT molecular complexity index is 752. The molecule has 1 N–H and O–H groups in total. The summed E-state index contributed by atoms with van der Waals surface area (Å²) in [6.07, 6.45) is 0. The predicted molar refractivity (Wildman–Crippen MR) is 98.2 cm³/mol. The molecule has 0 aliphatic heterocycles. The molecule has 0 atom stereocenters. The fraction of sp³-hybridized carbons (Fsp3) is 0.176. The van der Waals surface area contributed by atoms with Crippen molar-refractivity contribution in [2.75, 3.05) is 17.7 Å². The van der Waals surface area contributed by atoms with Crippen LogP contribution >= 0.6 is 35.0 Å². The maximum absolute atomic E-state index is 12.3. The van der Waals surface area contributed by atoms with Crippen LogP contribution in [0.1, 0.15) is 17.3 Å². The van der Waals surface area contributed by atoms with Crippen molar-refractivity contribution in [2.24, 2.45) is 0 Å². The molecule has 2 rings (SSSR count). The Balaban J connectivity index is 2.03. The number of hydrogen-bond donors (Lipinski definition) is 1. The van der Waals surface area contributed by atoms with Gasteiger partial charge in [0.1, 0.15) is 0 Å². The van der Waals surface area contributed by atoms with Crippen LogP contribution in [0.4, 0.5) is 5.69 Å². The number of thioether (sulfide) groups is 1. The number of ether oxygens (including phenoxy) is 1. The molecule has 0 unspecified atom stereocenters. The second-order valence-corrected chi connectivity index (χ2v) is 6.59. The van der Waals surface area contributed by atoms with E-state index in [1.807, 2.05) is 6.07 Å². The summed E-state index contributed by atoms with van der Waals surface area (Å²) >= 11 is 13.2. The van der Waals surface area contributed by atoms with Crippen molar-refractivity contribution >= 4 is 52.5 Å². The van der Waals surface area contributed by atoms with Gasteiger partial charge >= 0.3 is 5.97 Å². The maximum atomic E-state index is 12.3. The summed E-state index contributed by atoms with van der Waals surface area (Å²) in [5, 5.41) is 3.53. The van der Waals surface area contributed by atoms with Crippen LogP contribution < -0.4 is 5.32 Å². The van der Waals surface area contributed by atoms with Gasteiger partial charge in [-0.3, -0.25) is 9.59 Å². The Labute approximate surface area is 154 Å². The Kier molecular flexibility index (Phi) is 6.97. The zero-order valence-electron chi connectivity index (χ0n) is 12.8. The minimum Gasteiger partial charge on any atom is -0.465 e. The lowest BCUT2D eigenvalue weighted by Gasteiger charge is -2.09. The second kappa shape index (κ2) is 8.97. The lowest BCUT2D eigenvalue weighted by molar-refractivity contribution is -0.139. The van der Waals surface area contributed by atoms with Gasteiger partial charge in [-0.15, -0.1) is 11.8 Å². The molecular formula is C17H15Cl2NO3S. The molecule has 0 fully saturated rings. The SMILES string of the molecule is CCOC(=O)CSc1cccc(NC(=O)c2ccc(Cl)cc2Cl)c1. The average molecular weight is 384 g/mol. The quantitative estimate of drug-likeness (QED) is 0.569. The van der Waals surface area contributed by atoms with Crippen LogP contribution in [0.15, 0.2) is 47.4 Å². The molecule has 24 heavy (non-hydrogen) atoms. The van der Waals surface area contributed by atoms with Crippen LogP contribution in [-0.2, 0) is 9.53 Å². The summed E-state index contributed by atoms with van der Waals surface area (Å²) in [5.41, 5.74) is 0.950. The molecule has 126 valence electrons. The van der Waals surface area contributed by atoms with E-state index in [-0.39, 0.29) is 22.7 Å². The van der Waals surface area contributed by atoms with Crippen LogP contribution in [0, 0.1) is 0 Å². The summed E-state index contributed by atoms with van der Waals surface area (Å²) in [5.74, 6) is -0.386. The van der Waals surface area contributed by atoms with Gasteiger partial charge in [0.05, 0.1) is 22.9 Å². The first-order chi connectivity index (χ1) is 11.5. The Morgan fingerprint density at radius 2 is 1.96 bits per heavy atom. The van der Waals surface area contributed by atoms with E-state index in [0.717, 1.165) is 4.90 Å². The molecule has 0 aliphatic carbocycles. The molecule has 0 spiro atoms. The molecule has 0 aliphatic rings. The highest BCUT2D eigenvalue weighted by atomic mass is 35.5. The third kappa shape index (κ3) is 5.44. The van der Waals surface area contributed by atoms with E-state index in [1.165, 1.54) is 17.8 Å². The third-order valence-electron chi connectivity index (χ3n) is 2.93. The van der Waals surface area contributed by atoms with Crippen LogP contribution in [0.3, 0.4) is 0 Å². The molecule has 2 aromatic carbocycles. The maximum Gasteiger partial charge on any atom is 0.316 e. The van der Waals surface area contributed by atoms with Crippen molar-refractivity contribution in [3.05, 3.63) is 58.1 Å². The minimum atomic E-state index is -0.329. The zero-order chi connectivity index (χ0) is 17.5. The highest BCUT2D eigenvalue weighted by Gasteiger charge is 2.11. The van der Waals surface area contributed by atoms with Gasteiger partial charge in [0, 0.05) is 15.6 Å². The number of hydrogen-bond acceptors (Lipinski definition) is 4. The molecule has 0 aromatic heterocycles. The monoisotopic (exact) mass is 383 g/mol. The van der Waals surface area contributed by atoms with Crippen LogP contribution in [0.25, 0.3) is 0 Å². The van der Waals surface area contributed by atoms with Crippen molar-refractivity contribution in [1.29, 1.82) is 0 Å². The van der Waals surface area contributed by atoms with E-state index in [2.05, 4.69) is 5.32 Å². The molecule has 0 radical (unpaired) electrons. The summed E-state index contributed by atoms with van der Waals surface area (Å²) in [7, 11) is 0. The lowest BCUT2D eigenvalue weighted by atomic mass is 10.2. The Morgan fingerprint density at radius 1 is 1.17 bits per heavy atom. The van der Waals surface area contributed by atoms with E-state index in [9.17, 15) is 9.59 Å². The van der Waals surface area contributed by atoms with Gasteiger partial charge < -0.3 is 10.1 Å². The number of carbonyl (C=O) groups is 2. The van der Waals surface area contributed by atoms with Gasteiger partial charge in [0.2, 0.25) is 0 Å². The Morgan fingerprint density at radius 3 is 2.67 bits per heavy atom. The molecular weight excluding hydrogens is 369 g/mol. The molecule has 0 heterocycles. The highest BCUT2D eigenvalue weighted by Crippen LogP contribution is 2.24. The molecule has 1 amide bonds. The number of amides is 1. The number of benzene rings is 2. The summed E-state index contributed by atoms with van der Waals surface area (Å²) < 4.78 is 4.88. The fourth-order valence-corrected chi connectivity index (χ4v) is 3.13. The van der Waals surface area contributed by atoms with E-state index in [0.29, 0.717) is 22.9 Å². The van der Waals surface area contributed by atoms with Crippen LogP contribution in [0.2, 0.25) is 10.0 Å². The third-order valence-corrected chi connectivity index (χ3v) is 4.44. The van der Waals surface area contributed by atoms with Crippen LogP contribution in [-0.4, -0.2) is 24.2 Å². The van der Waals surface area contributed by atoms with Crippen molar-refractivity contribution in [1.82, 2.24) is 0 Å².